The number of hydrogen-bond acceptors (Lipinski definition) is 6. The highest BCUT2D eigenvalue weighted by Crippen LogP contribution is 2.38. The largest absolute Gasteiger partial charge is 0.464 e. The van der Waals surface area contributed by atoms with Crippen molar-refractivity contribution in [3.05, 3.63) is 67.5 Å². The molecule has 24 heavy (non-hydrogen) atoms. The van der Waals surface area contributed by atoms with Crippen molar-refractivity contribution in [2.24, 2.45) is 10.8 Å². The number of aliphatic imine (C=N–C) groups is 1. The molecule has 0 saturated heterocycles. The Hall–Kier alpha value is -2.73. The van der Waals surface area contributed by atoms with E-state index in [1.54, 1.807) is 13.0 Å². The molecule has 2 N–H and O–H groups in total. The summed E-state index contributed by atoms with van der Waals surface area (Å²) < 4.78 is 5.46. The van der Waals surface area contributed by atoms with Crippen LogP contribution in [0.4, 0.5) is 5.69 Å². The van der Waals surface area contributed by atoms with Crippen LogP contribution in [-0.4, -0.2) is 17.6 Å². The second-order valence-corrected chi connectivity index (χ2v) is 5.54. The third-order valence-corrected chi connectivity index (χ3v) is 4.28. The second kappa shape index (κ2) is 6.05. The number of nitrogens with two attached hydrogens (primary N) is 1. The van der Waals surface area contributed by atoms with Gasteiger partial charge in [-0.25, -0.2) is 5.84 Å². The van der Waals surface area contributed by atoms with Gasteiger partial charge in [0.2, 0.25) is 5.43 Å². The molecule has 0 radical (unpaired) electrons. The molecule has 0 aliphatic carbocycles. The zero-order valence-corrected chi connectivity index (χ0v) is 13.7. The first kappa shape index (κ1) is 16.1. The molecule has 0 bridgehead atoms. The molecule has 0 saturated carbocycles. The van der Waals surface area contributed by atoms with Gasteiger partial charge in [-0.05, 0) is 30.0 Å². The Morgan fingerprint density at radius 3 is 2.67 bits per heavy atom. The van der Waals surface area contributed by atoms with Crippen LogP contribution in [0.5, 0.6) is 0 Å². The topological polar surface area (TPSA) is 85.0 Å². The van der Waals surface area contributed by atoms with E-state index in [1.807, 2.05) is 25.1 Å². The number of ether oxygens (including phenoxy) is 1. The Labute approximate surface area is 139 Å². The maximum absolute atomic E-state index is 12.2. The van der Waals surface area contributed by atoms with E-state index in [1.165, 1.54) is 5.01 Å². The average molecular weight is 325 g/mol. The van der Waals surface area contributed by atoms with Crippen molar-refractivity contribution in [2.75, 3.05) is 6.61 Å². The van der Waals surface area contributed by atoms with Gasteiger partial charge in [0.05, 0.1) is 12.2 Å². The fraction of sp³-hybridized carbons (Fsp3) is 0.278. The fourth-order valence-corrected chi connectivity index (χ4v) is 3.14. The van der Waals surface area contributed by atoms with Gasteiger partial charge in [-0.3, -0.25) is 14.6 Å². The predicted molar refractivity (Wildman–Crippen MR) is 93.9 cm³/mol. The molecule has 1 aliphatic heterocycles. The smallest absolute Gasteiger partial charge is 0.308 e. The monoisotopic (exact) mass is 325 g/mol. The van der Waals surface area contributed by atoms with E-state index in [4.69, 9.17) is 10.6 Å². The van der Waals surface area contributed by atoms with Gasteiger partial charge in [-0.2, -0.15) is 4.99 Å². The number of fused-ring (bicyclic) bond motifs is 1. The molecule has 6 heteroatoms. The Kier molecular flexibility index (Phi) is 4.07. The third kappa shape index (κ3) is 2.18. The summed E-state index contributed by atoms with van der Waals surface area (Å²) in [6.45, 7) is 8.03. The lowest BCUT2D eigenvalue weighted by atomic mass is 9.85. The first-order chi connectivity index (χ1) is 11.5. The highest BCUT2D eigenvalue weighted by Gasteiger charge is 2.40. The Balaban J connectivity index is 2.27. The standard InChI is InChI=1S/C18H19N3O3/c1-4-10-8-7-9-11(5-2)12(10)15-13-14(17(23)16(13)22)20-18(21(15)19)24-6-3/h4,7-9,15H,1,5-6,19H2,2-3H3. The Bertz CT molecular complexity index is 907. The van der Waals surface area contributed by atoms with Crippen molar-refractivity contribution in [3.8, 4) is 0 Å². The zero-order chi connectivity index (χ0) is 17.4. The summed E-state index contributed by atoms with van der Waals surface area (Å²) in [5, 5.41) is 1.33. The van der Waals surface area contributed by atoms with Gasteiger partial charge >= 0.3 is 6.02 Å². The summed E-state index contributed by atoms with van der Waals surface area (Å²) in [6, 6.07) is 5.36. The Morgan fingerprint density at radius 2 is 2.04 bits per heavy atom. The molecule has 0 spiro atoms. The highest BCUT2D eigenvalue weighted by molar-refractivity contribution is 5.83. The lowest BCUT2D eigenvalue weighted by Crippen LogP contribution is -2.51. The van der Waals surface area contributed by atoms with Crippen LogP contribution in [0.1, 0.15) is 42.1 Å². The highest BCUT2D eigenvalue weighted by atomic mass is 16.5. The second-order valence-electron chi connectivity index (χ2n) is 5.54. The molecular formula is C18H19N3O3. The van der Waals surface area contributed by atoms with E-state index < -0.39 is 16.9 Å². The Morgan fingerprint density at radius 1 is 1.29 bits per heavy atom. The number of aryl methyl sites for hydroxylation is 1. The van der Waals surface area contributed by atoms with E-state index in [-0.39, 0.29) is 11.7 Å². The number of hydrazine groups is 1. The summed E-state index contributed by atoms with van der Waals surface area (Å²) >= 11 is 0. The summed E-state index contributed by atoms with van der Waals surface area (Å²) in [6.07, 6.45) is 2.48. The van der Waals surface area contributed by atoms with Gasteiger partial charge < -0.3 is 4.74 Å². The minimum absolute atomic E-state index is 0.142. The number of nitrogens with zero attached hydrogens (tertiary/aromatic N) is 2. The number of benzene rings is 1. The molecule has 1 aliphatic rings. The first-order valence-corrected chi connectivity index (χ1v) is 7.87. The van der Waals surface area contributed by atoms with Crippen LogP contribution in [-0.2, 0) is 11.2 Å². The van der Waals surface area contributed by atoms with Crippen molar-refractivity contribution < 1.29 is 4.74 Å². The van der Waals surface area contributed by atoms with E-state index >= 15 is 0 Å². The summed E-state index contributed by atoms with van der Waals surface area (Å²) in [5.74, 6) is 6.23. The van der Waals surface area contributed by atoms with Crippen LogP contribution in [0.2, 0.25) is 0 Å². The molecule has 1 atom stereocenters. The van der Waals surface area contributed by atoms with E-state index in [0.29, 0.717) is 12.2 Å². The number of hydrogen-bond donors (Lipinski definition) is 1. The molecule has 2 aromatic carbocycles. The van der Waals surface area contributed by atoms with Gasteiger partial charge in [0.15, 0.2) is 0 Å². The molecule has 2 aromatic rings. The molecular weight excluding hydrogens is 306 g/mol. The minimum atomic E-state index is -0.603. The van der Waals surface area contributed by atoms with Crippen LogP contribution < -0.4 is 16.7 Å². The van der Waals surface area contributed by atoms with Crippen LogP contribution in [0.25, 0.3) is 6.08 Å². The lowest BCUT2D eigenvalue weighted by molar-refractivity contribution is 0.217. The van der Waals surface area contributed by atoms with Crippen molar-refractivity contribution in [1.29, 1.82) is 0 Å². The van der Waals surface area contributed by atoms with Gasteiger partial charge in [-0.1, -0.05) is 37.8 Å². The lowest BCUT2D eigenvalue weighted by Gasteiger charge is -2.35. The van der Waals surface area contributed by atoms with E-state index in [2.05, 4.69) is 11.6 Å². The normalized spacial score (nSPS) is 16.7. The van der Waals surface area contributed by atoms with E-state index in [0.717, 1.165) is 23.1 Å². The third-order valence-electron chi connectivity index (χ3n) is 4.28. The molecule has 0 amide bonds. The SMILES string of the molecule is C=Cc1cccc(CC)c1C1c2c(c(=O)c2=O)N=C(OCC)N1N. The van der Waals surface area contributed by atoms with Crippen molar-refractivity contribution in [3.63, 3.8) is 0 Å². The molecule has 1 unspecified atom stereocenters. The molecule has 1 heterocycles. The average Bonchev–Trinajstić information content (AvgIpc) is 2.61. The van der Waals surface area contributed by atoms with Crippen LogP contribution >= 0.6 is 0 Å². The summed E-state index contributed by atoms with van der Waals surface area (Å²) in [4.78, 5) is 28.2. The van der Waals surface area contributed by atoms with Gasteiger partial charge in [0.1, 0.15) is 11.7 Å². The summed E-state index contributed by atoms with van der Waals surface area (Å²) in [7, 11) is 0. The van der Waals surface area contributed by atoms with Gasteiger partial charge in [0, 0.05) is 0 Å². The zero-order valence-electron chi connectivity index (χ0n) is 13.7. The fourth-order valence-electron chi connectivity index (χ4n) is 3.14. The van der Waals surface area contributed by atoms with Crippen molar-refractivity contribution >= 4 is 17.8 Å². The molecule has 3 rings (SSSR count). The number of amidine groups is 1. The van der Waals surface area contributed by atoms with Gasteiger partial charge in [0.25, 0.3) is 5.43 Å². The maximum Gasteiger partial charge on any atom is 0.308 e. The molecule has 0 fully saturated rings. The van der Waals surface area contributed by atoms with Crippen LogP contribution in [0.15, 0.2) is 39.4 Å². The van der Waals surface area contributed by atoms with E-state index in [9.17, 15) is 9.59 Å². The first-order valence-electron chi connectivity index (χ1n) is 7.87. The number of rotatable bonds is 4. The van der Waals surface area contributed by atoms with Crippen molar-refractivity contribution in [1.82, 2.24) is 5.01 Å². The summed E-state index contributed by atoms with van der Waals surface area (Å²) in [5.41, 5.74) is 2.11. The molecule has 6 nitrogen and oxygen atoms in total. The van der Waals surface area contributed by atoms with Gasteiger partial charge in [-0.15, -0.1) is 0 Å². The molecule has 0 aromatic heterocycles. The van der Waals surface area contributed by atoms with Crippen molar-refractivity contribution in [2.45, 2.75) is 26.3 Å². The quantitative estimate of drug-likeness (QED) is 0.684. The minimum Gasteiger partial charge on any atom is -0.464 e. The van der Waals surface area contributed by atoms with Crippen LogP contribution in [0, 0.1) is 0 Å². The predicted octanol–water partition coefficient (Wildman–Crippen LogP) is 1.79. The molecule has 124 valence electrons. The van der Waals surface area contributed by atoms with Crippen LogP contribution in [0.3, 0.4) is 0 Å². The maximum atomic E-state index is 12.2.